The van der Waals surface area contributed by atoms with Crippen LogP contribution in [0.1, 0.15) is 0 Å². The van der Waals surface area contributed by atoms with Crippen LogP contribution >= 0.6 is 34.8 Å². The maximum Gasteiger partial charge on any atom is 0.409 e. The van der Waals surface area contributed by atoms with E-state index >= 15 is 0 Å². The highest BCUT2D eigenvalue weighted by Gasteiger charge is 2.31. The fourth-order valence-corrected chi connectivity index (χ4v) is 3.72. The summed E-state index contributed by atoms with van der Waals surface area (Å²) in [5, 5.41) is 0. The summed E-state index contributed by atoms with van der Waals surface area (Å²) in [6.45, 7) is 0.297. The number of sulfonamides is 1. The van der Waals surface area contributed by atoms with Gasteiger partial charge in [0.25, 0.3) is 0 Å². The Morgan fingerprint density at radius 3 is 2.17 bits per heavy atom. The van der Waals surface area contributed by atoms with Gasteiger partial charge in [-0.1, -0.05) is 34.8 Å². The fraction of sp³-hybridized carbons (Fsp3) is 0.462. The molecule has 1 saturated heterocycles. The molecule has 24 heavy (non-hydrogen) atoms. The van der Waals surface area contributed by atoms with Crippen LogP contribution in [0.3, 0.4) is 0 Å². The summed E-state index contributed by atoms with van der Waals surface area (Å²) in [5.74, 6) is 0. The number of nitrogens with zero attached hydrogens (tertiary/aromatic N) is 2. The van der Waals surface area contributed by atoms with Gasteiger partial charge in [-0.2, -0.15) is 4.31 Å². The van der Waals surface area contributed by atoms with Crippen molar-refractivity contribution in [3.8, 4) is 0 Å². The number of nitrogen functional groups attached to an aromatic ring is 1. The van der Waals surface area contributed by atoms with Gasteiger partial charge in [0.15, 0.2) is 0 Å². The Labute approximate surface area is 155 Å². The van der Waals surface area contributed by atoms with Gasteiger partial charge in [-0.15, -0.1) is 0 Å². The first-order valence-corrected chi connectivity index (χ1v) is 9.51. The van der Waals surface area contributed by atoms with Crippen LogP contribution in [0.5, 0.6) is 0 Å². The molecular weight excluding hydrogens is 401 g/mol. The molecule has 7 nitrogen and oxygen atoms in total. The molecule has 0 bridgehead atoms. The molecule has 0 aromatic heterocycles. The molecule has 1 fully saturated rings. The van der Waals surface area contributed by atoms with Crippen LogP contribution in [0.4, 0.5) is 10.5 Å². The second-order valence-electron chi connectivity index (χ2n) is 5.13. The molecule has 1 amide bonds. The van der Waals surface area contributed by atoms with E-state index in [-0.39, 0.29) is 37.7 Å². The molecule has 0 saturated carbocycles. The molecule has 1 aromatic rings. The summed E-state index contributed by atoms with van der Waals surface area (Å²) >= 11 is 16.6. The Hall–Kier alpha value is -0.930. The molecule has 1 aliphatic heterocycles. The van der Waals surface area contributed by atoms with Gasteiger partial charge in [0.2, 0.25) is 13.8 Å². The van der Waals surface area contributed by atoms with E-state index < -0.39 is 19.9 Å². The molecule has 0 aliphatic carbocycles. The predicted octanol–water partition coefficient (Wildman–Crippen LogP) is 2.08. The number of rotatable bonds is 3. The van der Waals surface area contributed by atoms with Crippen molar-refractivity contribution in [3.05, 3.63) is 24.3 Å². The van der Waals surface area contributed by atoms with Crippen LogP contribution in [0.15, 0.2) is 29.2 Å². The molecule has 134 valence electrons. The number of hydrogen-bond acceptors (Lipinski definition) is 5. The molecule has 0 unspecified atom stereocenters. The molecular formula is C13H16Cl3N3O4S. The Bertz CT molecular complexity index is 683. The molecule has 0 spiro atoms. The third-order valence-corrected chi connectivity index (χ3v) is 5.61. The van der Waals surface area contributed by atoms with Gasteiger partial charge in [-0.05, 0) is 24.3 Å². The molecule has 1 heterocycles. The van der Waals surface area contributed by atoms with Gasteiger partial charge >= 0.3 is 6.09 Å². The Balaban J connectivity index is 1.94. The van der Waals surface area contributed by atoms with E-state index in [1.165, 1.54) is 33.5 Å². The highest BCUT2D eigenvalue weighted by molar-refractivity contribution is 7.89. The van der Waals surface area contributed by atoms with Gasteiger partial charge in [0.05, 0.1) is 4.90 Å². The van der Waals surface area contributed by atoms with Crippen LogP contribution in [-0.4, -0.2) is 60.3 Å². The minimum absolute atomic E-state index is 0.148. The maximum absolute atomic E-state index is 12.5. The number of nitrogens with two attached hydrogens (primary N) is 1. The van der Waals surface area contributed by atoms with E-state index in [1.807, 2.05) is 0 Å². The first-order valence-electron chi connectivity index (χ1n) is 6.94. The van der Waals surface area contributed by atoms with Crippen molar-refractivity contribution in [1.29, 1.82) is 0 Å². The van der Waals surface area contributed by atoms with E-state index in [4.69, 9.17) is 45.3 Å². The van der Waals surface area contributed by atoms with Crippen molar-refractivity contribution >= 4 is 56.6 Å². The van der Waals surface area contributed by atoms with E-state index in [0.29, 0.717) is 5.69 Å². The van der Waals surface area contributed by atoms with E-state index in [2.05, 4.69) is 0 Å². The van der Waals surface area contributed by atoms with Crippen LogP contribution in [0.25, 0.3) is 0 Å². The molecule has 0 radical (unpaired) electrons. The number of halogens is 3. The zero-order chi connectivity index (χ0) is 18.0. The van der Waals surface area contributed by atoms with Crippen LogP contribution < -0.4 is 5.73 Å². The number of benzene rings is 1. The quantitative estimate of drug-likeness (QED) is 0.601. The first-order chi connectivity index (χ1) is 11.1. The van der Waals surface area contributed by atoms with Gasteiger partial charge in [0, 0.05) is 31.9 Å². The maximum atomic E-state index is 12.5. The Morgan fingerprint density at radius 1 is 1.12 bits per heavy atom. The summed E-state index contributed by atoms with van der Waals surface area (Å²) in [6.07, 6.45) is -0.647. The number of alkyl halides is 3. The summed E-state index contributed by atoms with van der Waals surface area (Å²) in [7, 11) is -3.63. The monoisotopic (exact) mass is 415 g/mol. The summed E-state index contributed by atoms with van der Waals surface area (Å²) in [4.78, 5) is 13.4. The predicted molar refractivity (Wildman–Crippen MR) is 92.8 cm³/mol. The lowest BCUT2D eigenvalue weighted by Gasteiger charge is -2.33. The third-order valence-electron chi connectivity index (χ3n) is 3.37. The van der Waals surface area contributed by atoms with Gasteiger partial charge < -0.3 is 15.4 Å². The molecule has 11 heteroatoms. The molecule has 2 N–H and O–H groups in total. The smallest absolute Gasteiger partial charge is 0.409 e. The molecule has 2 rings (SSSR count). The second-order valence-corrected chi connectivity index (χ2v) is 9.58. The van der Waals surface area contributed by atoms with Crippen LogP contribution in [0.2, 0.25) is 0 Å². The van der Waals surface area contributed by atoms with Gasteiger partial charge in [-0.3, -0.25) is 0 Å². The SMILES string of the molecule is Nc1ccc(S(=O)(=O)N2CCN(C(=O)OCC(Cl)(Cl)Cl)CC2)cc1. The normalized spacial score (nSPS) is 16.9. The average Bonchev–Trinajstić information content (AvgIpc) is 2.52. The lowest BCUT2D eigenvalue weighted by Crippen LogP contribution is -2.50. The largest absolute Gasteiger partial charge is 0.445 e. The third kappa shape index (κ3) is 5.03. The Kier molecular flexibility index (Phi) is 6.09. The molecule has 0 atom stereocenters. The summed E-state index contributed by atoms with van der Waals surface area (Å²) < 4.78 is 29.6. The Morgan fingerprint density at radius 2 is 1.67 bits per heavy atom. The van der Waals surface area contributed by atoms with E-state index in [0.717, 1.165) is 0 Å². The topological polar surface area (TPSA) is 92.9 Å². The number of carbonyl (C=O) groups excluding carboxylic acids is 1. The molecule has 1 aliphatic rings. The zero-order valence-corrected chi connectivity index (χ0v) is 15.6. The molecule has 1 aromatic carbocycles. The highest BCUT2D eigenvalue weighted by atomic mass is 35.6. The number of amides is 1. The number of piperazine rings is 1. The van der Waals surface area contributed by atoms with Gasteiger partial charge in [-0.25, -0.2) is 13.2 Å². The van der Waals surface area contributed by atoms with Crippen molar-refractivity contribution in [2.75, 3.05) is 38.5 Å². The van der Waals surface area contributed by atoms with E-state index in [9.17, 15) is 13.2 Å². The number of ether oxygens (including phenoxy) is 1. The zero-order valence-electron chi connectivity index (χ0n) is 12.5. The second kappa shape index (κ2) is 7.53. The van der Waals surface area contributed by atoms with Crippen molar-refractivity contribution in [2.24, 2.45) is 0 Å². The van der Waals surface area contributed by atoms with Crippen LogP contribution in [-0.2, 0) is 14.8 Å². The van der Waals surface area contributed by atoms with Crippen molar-refractivity contribution < 1.29 is 17.9 Å². The summed E-state index contributed by atoms with van der Waals surface area (Å²) in [6, 6.07) is 5.95. The van der Waals surface area contributed by atoms with Gasteiger partial charge in [0.1, 0.15) is 6.61 Å². The number of hydrogen-bond donors (Lipinski definition) is 1. The van der Waals surface area contributed by atoms with Crippen LogP contribution in [0, 0.1) is 0 Å². The standard InChI is InChI=1S/C13H16Cl3N3O4S/c14-13(15,16)9-23-12(20)18-5-7-19(8-6-18)24(21,22)11-3-1-10(17)2-4-11/h1-4H,5-9,17H2. The lowest BCUT2D eigenvalue weighted by atomic mass is 10.3. The summed E-state index contributed by atoms with van der Waals surface area (Å²) in [5.41, 5.74) is 6.05. The fourth-order valence-electron chi connectivity index (χ4n) is 2.13. The van der Waals surface area contributed by atoms with Crippen molar-refractivity contribution in [1.82, 2.24) is 9.21 Å². The number of anilines is 1. The first kappa shape index (κ1) is 19.4. The highest BCUT2D eigenvalue weighted by Crippen LogP contribution is 2.26. The van der Waals surface area contributed by atoms with Crippen molar-refractivity contribution in [3.63, 3.8) is 0 Å². The number of carbonyl (C=O) groups is 1. The minimum atomic E-state index is -3.63. The van der Waals surface area contributed by atoms with E-state index in [1.54, 1.807) is 0 Å². The van der Waals surface area contributed by atoms with Crippen molar-refractivity contribution in [2.45, 2.75) is 8.69 Å². The minimum Gasteiger partial charge on any atom is -0.445 e. The lowest BCUT2D eigenvalue weighted by molar-refractivity contribution is 0.0907. The average molecular weight is 417 g/mol.